The number of carbonyl (C=O) groups excluding carboxylic acids is 1. The van der Waals surface area contributed by atoms with E-state index in [-0.39, 0.29) is 11.9 Å². The Morgan fingerprint density at radius 2 is 1.94 bits per heavy atom. The number of anilines is 1. The monoisotopic (exact) mass is 465 g/mol. The fourth-order valence-electron chi connectivity index (χ4n) is 4.67. The van der Waals surface area contributed by atoms with Crippen molar-refractivity contribution < 1.29 is 14.3 Å². The van der Waals surface area contributed by atoms with Crippen LogP contribution >= 0.6 is 23.2 Å². The average molecular weight is 466 g/mol. The number of fused-ring (bicyclic) bond motifs is 6. The van der Waals surface area contributed by atoms with Gasteiger partial charge in [0.25, 0.3) is 5.91 Å². The zero-order valence-corrected chi connectivity index (χ0v) is 18.4. The molecule has 1 N–H and O–H groups in total. The quantitative estimate of drug-likeness (QED) is 0.553. The van der Waals surface area contributed by atoms with Crippen LogP contribution in [0.15, 0.2) is 65.8 Å². The molecule has 0 saturated carbocycles. The van der Waals surface area contributed by atoms with Gasteiger partial charge in [-0.15, -0.1) is 0 Å². The van der Waals surface area contributed by atoms with Crippen molar-refractivity contribution in [3.63, 3.8) is 0 Å². The molecule has 6 nitrogen and oxygen atoms in total. The van der Waals surface area contributed by atoms with Crippen molar-refractivity contribution in [2.24, 2.45) is 5.10 Å². The van der Waals surface area contributed by atoms with Gasteiger partial charge in [0.15, 0.2) is 0 Å². The predicted octanol–water partition coefficient (Wildman–Crippen LogP) is 5.35. The Kier molecular flexibility index (Phi) is 4.19. The van der Waals surface area contributed by atoms with E-state index >= 15 is 0 Å². The number of hydrogen-bond acceptors (Lipinski definition) is 5. The lowest BCUT2D eigenvalue weighted by Gasteiger charge is -2.44. The SMILES string of the molecule is COc1ccc(C2=NN3[C@@H](C2)c2ccccc2O[C@]32C(=O)Nc3c(Cl)cc(Cl)cc32)cc1. The predicted molar refractivity (Wildman–Crippen MR) is 123 cm³/mol. The third-order valence-corrected chi connectivity index (χ3v) is 6.67. The first-order valence-electron chi connectivity index (χ1n) is 10.1. The van der Waals surface area contributed by atoms with E-state index in [1.165, 1.54) is 0 Å². The van der Waals surface area contributed by atoms with Gasteiger partial charge in [-0.25, -0.2) is 5.01 Å². The fraction of sp³-hybridized carbons (Fsp3) is 0.167. The molecule has 0 unspecified atom stereocenters. The van der Waals surface area contributed by atoms with Crippen LogP contribution in [0.2, 0.25) is 10.0 Å². The maximum atomic E-state index is 13.5. The van der Waals surface area contributed by atoms with Gasteiger partial charge in [-0.2, -0.15) is 5.10 Å². The van der Waals surface area contributed by atoms with Crippen molar-refractivity contribution >= 4 is 40.5 Å². The number of methoxy groups -OCH3 is 1. The van der Waals surface area contributed by atoms with Gasteiger partial charge in [-0.3, -0.25) is 4.79 Å². The van der Waals surface area contributed by atoms with Crippen LogP contribution in [-0.4, -0.2) is 23.7 Å². The van der Waals surface area contributed by atoms with Crippen molar-refractivity contribution in [3.05, 3.63) is 87.4 Å². The minimum Gasteiger partial charge on any atom is -0.497 e. The molecule has 3 aliphatic heterocycles. The molecule has 160 valence electrons. The molecule has 3 aliphatic rings. The summed E-state index contributed by atoms with van der Waals surface area (Å²) < 4.78 is 11.7. The lowest BCUT2D eigenvalue weighted by Crippen LogP contribution is -2.55. The Morgan fingerprint density at radius 3 is 2.72 bits per heavy atom. The molecule has 3 aromatic carbocycles. The molecule has 0 fully saturated rings. The number of ether oxygens (including phenoxy) is 2. The summed E-state index contributed by atoms with van der Waals surface area (Å²) in [4.78, 5) is 13.5. The first kappa shape index (κ1) is 19.5. The highest BCUT2D eigenvalue weighted by Crippen LogP contribution is 2.55. The molecular weight excluding hydrogens is 449 g/mol. The summed E-state index contributed by atoms with van der Waals surface area (Å²) in [5.74, 6) is 1.05. The first-order chi connectivity index (χ1) is 15.5. The van der Waals surface area contributed by atoms with Crippen LogP contribution in [0.4, 0.5) is 5.69 Å². The summed E-state index contributed by atoms with van der Waals surface area (Å²) in [6.07, 6.45) is 0.616. The van der Waals surface area contributed by atoms with E-state index in [9.17, 15) is 4.79 Å². The van der Waals surface area contributed by atoms with Crippen LogP contribution in [0, 0.1) is 0 Å². The number of nitrogens with one attached hydrogen (secondary N) is 1. The number of benzene rings is 3. The summed E-state index contributed by atoms with van der Waals surface area (Å²) >= 11 is 12.7. The Hall–Kier alpha value is -3.22. The average Bonchev–Trinajstić information content (AvgIpc) is 3.36. The number of hydrazone groups is 1. The number of nitrogens with zero attached hydrogens (tertiary/aromatic N) is 2. The molecule has 0 aromatic heterocycles. The van der Waals surface area contributed by atoms with E-state index < -0.39 is 5.72 Å². The Balaban J connectivity index is 1.56. The summed E-state index contributed by atoms with van der Waals surface area (Å²) in [7, 11) is 1.63. The molecule has 6 rings (SSSR count). The van der Waals surface area contributed by atoms with E-state index in [1.54, 1.807) is 24.3 Å². The van der Waals surface area contributed by atoms with E-state index in [0.29, 0.717) is 33.5 Å². The lowest BCUT2D eigenvalue weighted by molar-refractivity contribution is -0.161. The molecule has 3 aromatic rings. The van der Waals surface area contributed by atoms with Crippen LogP contribution in [0.5, 0.6) is 11.5 Å². The molecule has 2 atom stereocenters. The second-order valence-corrected chi connectivity index (χ2v) is 8.73. The number of halogens is 2. The Bertz CT molecular complexity index is 1310. The molecule has 0 saturated heterocycles. The maximum Gasteiger partial charge on any atom is 0.306 e. The summed E-state index contributed by atoms with van der Waals surface area (Å²) in [6, 6.07) is 18.6. The van der Waals surface area contributed by atoms with Crippen LogP contribution in [-0.2, 0) is 10.5 Å². The van der Waals surface area contributed by atoms with Gasteiger partial charge in [0.05, 0.1) is 35.1 Å². The number of amides is 1. The third kappa shape index (κ3) is 2.60. The molecule has 3 heterocycles. The van der Waals surface area contributed by atoms with E-state index in [0.717, 1.165) is 22.6 Å². The van der Waals surface area contributed by atoms with Gasteiger partial charge >= 0.3 is 5.72 Å². The number of hydrogen-bond donors (Lipinski definition) is 1. The van der Waals surface area contributed by atoms with Crippen molar-refractivity contribution in [3.8, 4) is 11.5 Å². The highest BCUT2D eigenvalue weighted by molar-refractivity contribution is 6.37. The summed E-state index contributed by atoms with van der Waals surface area (Å²) in [6.45, 7) is 0. The summed E-state index contributed by atoms with van der Waals surface area (Å²) in [5, 5.41) is 10.3. The van der Waals surface area contributed by atoms with Gasteiger partial charge in [-0.1, -0.05) is 41.4 Å². The molecule has 1 amide bonds. The van der Waals surface area contributed by atoms with Crippen LogP contribution in [0.3, 0.4) is 0 Å². The van der Waals surface area contributed by atoms with Gasteiger partial charge in [0.1, 0.15) is 11.5 Å². The van der Waals surface area contributed by atoms with Crippen molar-refractivity contribution in [2.45, 2.75) is 18.2 Å². The van der Waals surface area contributed by atoms with Crippen molar-refractivity contribution in [2.75, 3.05) is 12.4 Å². The molecule has 8 heteroatoms. The highest BCUT2D eigenvalue weighted by atomic mass is 35.5. The van der Waals surface area contributed by atoms with E-state index in [2.05, 4.69) is 5.32 Å². The lowest BCUT2D eigenvalue weighted by atomic mass is 9.92. The highest BCUT2D eigenvalue weighted by Gasteiger charge is 2.61. The minimum atomic E-state index is -1.50. The van der Waals surface area contributed by atoms with Gasteiger partial charge in [-0.05, 0) is 48.0 Å². The summed E-state index contributed by atoms with van der Waals surface area (Å²) in [5.41, 5.74) is 2.32. The fourth-order valence-corrected chi connectivity index (χ4v) is 5.21. The zero-order valence-electron chi connectivity index (χ0n) is 16.9. The normalized spacial score (nSPS) is 22.6. The Morgan fingerprint density at radius 1 is 1.16 bits per heavy atom. The number of carbonyl (C=O) groups is 1. The smallest absolute Gasteiger partial charge is 0.306 e. The van der Waals surface area contributed by atoms with Gasteiger partial charge in [0.2, 0.25) is 0 Å². The molecule has 32 heavy (non-hydrogen) atoms. The van der Waals surface area contributed by atoms with E-state index in [1.807, 2.05) is 48.5 Å². The van der Waals surface area contributed by atoms with Gasteiger partial charge < -0.3 is 14.8 Å². The van der Waals surface area contributed by atoms with Gasteiger partial charge in [0, 0.05) is 17.0 Å². The largest absolute Gasteiger partial charge is 0.497 e. The standard InChI is InChI=1S/C24H17Cl2N3O3/c1-31-15-8-6-13(7-9-15)19-12-20-16-4-2-3-5-21(16)32-24(29(20)28-19)17-10-14(25)11-18(26)22(17)27-23(24)30/h2-11,20H,12H2,1H3,(H,27,30)/t20-,24+/m0/s1. The maximum absolute atomic E-state index is 13.5. The Labute approximate surface area is 194 Å². The van der Waals surface area contributed by atoms with Crippen molar-refractivity contribution in [1.82, 2.24) is 5.01 Å². The minimum absolute atomic E-state index is 0.188. The topological polar surface area (TPSA) is 63.2 Å². The molecule has 1 spiro atoms. The molecule has 0 radical (unpaired) electrons. The molecule has 0 aliphatic carbocycles. The second-order valence-electron chi connectivity index (χ2n) is 7.89. The molecular formula is C24H17Cl2N3O3. The van der Waals surface area contributed by atoms with Crippen LogP contribution in [0.25, 0.3) is 0 Å². The van der Waals surface area contributed by atoms with E-state index in [4.69, 9.17) is 37.8 Å². The van der Waals surface area contributed by atoms with Crippen LogP contribution < -0.4 is 14.8 Å². The second kappa shape index (κ2) is 6.89. The van der Waals surface area contributed by atoms with Crippen LogP contribution in [0.1, 0.15) is 29.2 Å². The zero-order chi connectivity index (χ0) is 22.0. The van der Waals surface area contributed by atoms with Crippen molar-refractivity contribution in [1.29, 1.82) is 0 Å². The molecule has 0 bridgehead atoms. The number of rotatable bonds is 2. The third-order valence-electron chi connectivity index (χ3n) is 6.16. The number of para-hydroxylation sites is 1. The first-order valence-corrected chi connectivity index (χ1v) is 10.9.